The van der Waals surface area contributed by atoms with Crippen LogP contribution in [0.15, 0.2) is 6.20 Å². The molecule has 1 fully saturated rings. The second-order valence-corrected chi connectivity index (χ2v) is 6.36. The molecule has 7 heteroatoms. The second-order valence-electron chi connectivity index (χ2n) is 6.36. The van der Waals surface area contributed by atoms with Crippen molar-refractivity contribution >= 4 is 17.5 Å². The molecule has 0 aromatic carbocycles. The fourth-order valence-corrected chi connectivity index (χ4v) is 2.69. The minimum atomic E-state index is -0.438. The molecule has 116 valence electrons. The summed E-state index contributed by atoms with van der Waals surface area (Å²) in [5.41, 5.74) is 0.213. The molecule has 1 atom stereocenters. The summed E-state index contributed by atoms with van der Waals surface area (Å²) in [5, 5.41) is 17.4. The van der Waals surface area contributed by atoms with Gasteiger partial charge in [0, 0.05) is 12.6 Å². The summed E-state index contributed by atoms with van der Waals surface area (Å²) < 4.78 is 0. The summed E-state index contributed by atoms with van der Waals surface area (Å²) in [4.78, 5) is 18.9. The molecule has 1 aliphatic carbocycles. The van der Waals surface area contributed by atoms with Crippen molar-refractivity contribution in [1.82, 2.24) is 9.97 Å². The van der Waals surface area contributed by atoms with Crippen LogP contribution in [0.1, 0.15) is 46.5 Å². The zero-order chi connectivity index (χ0) is 15.5. The average molecular weight is 293 g/mol. The highest BCUT2D eigenvalue weighted by atomic mass is 16.6. The quantitative estimate of drug-likeness (QED) is 0.618. The van der Waals surface area contributed by atoms with E-state index < -0.39 is 4.92 Å². The molecule has 7 nitrogen and oxygen atoms in total. The normalized spacial score (nSPS) is 20.2. The van der Waals surface area contributed by atoms with Crippen LogP contribution in [-0.2, 0) is 0 Å². The van der Waals surface area contributed by atoms with Gasteiger partial charge in [0.25, 0.3) is 0 Å². The van der Waals surface area contributed by atoms with Crippen LogP contribution in [-0.4, -0.2) is 27.5 Å². The Morgan fingerprint density at radius 2 is 2.29 bits per heavy atom. The van der Waals surface area contributed by atoms with Gasteiger partial charge in [0.1, 0.15) is 6.20 Å². The predicted octanol–water partition coefficient (Wildman–Crippen LogP) is 3.20. The van der Waals surface area contributed by atoms with Gasteiger partial charge < -0.3 is 10.6 Å². The lowest BCUT2D eigenvalue weighted by molar-refractivity contribution is -0.384. The van der Waals surface area contributed by atoms with Crippen LogP contribution in [0.2, 0.25) is 0 Å². The van der Waals surface area contributed by atoms with Crippen molar-refractivity contribution in [2.45, 2.75) is 52.5 Å². The highest BCUT2D eigenvalue weighted by Gasteiger charge is 2.32. The Morgan fingerprint density at radius 1 is 1.52 bits per heavy atom. The van der Waals surface area contributed by atoms with E-state index >= 15 is 0 Å². The molecule has 1 aromatic heterocycles. The SMILES string of the molecule is CCCNc1ncc([N+](=O)[O-])c(NC2CCC(C)(C)C2)n1. The van der Waals surface area contributed by atoms with Crippen LogP contribution < -0.4 is 10.6 Å². The first-order valence-corrected chi connectivity index (χ1v) is 7.43. The highest BCUT2D eigenvalue weighted by molar-refractivity contribution is 5.57. The zero-order valence-corrected chi connectivity index (χ0v) is 12.8. The molecule has 1 saturated carbocycles. The molecule has 0 bridgehead atoms. The molecule has 1 unspecified atom stereocenters. The molecule has 0 saturated heterocycles. The maximum Gasteiger partial charge on any atom is 0.329 e. The van der Waals surface area contributed by atoms with Crippen LogP contribution in [0.25, 0.3) is 0 Å². The van der Waals surface area contributed by atoms with Crippen LogP contribution >= 0.6 is 0 Å². The van der Waals surface area contributed by atoms with Crippen molar-refractivity contribution in [2.75, 3.05) is 17.2 Å². The van der Waals surface area contributed by atoms with E-state index in [9.17, 15) is 10.1 Å². The smallest absolute Gasteiger partial charge is 0.329 e. The van der Waals surface area contributed by atoms with Crippen molar-refractivity contribution in [3.63, 3.8) is 0 Å². The summed E-state index contributed by atoms with van der Waals surface area (Å²) in [6.07, 6.45) is 5.33. The Labute approximate surface area is 124 Å². The van der Waals surface area contributed by atoms with Gasteiger partial charge in [0.05, 0.1) is 4.92 Å². The number of nitro groups is 1. The van der Waals surface area contributed by atoms with Crippen molar-refractivity contribution in [1.29, 1.82) is 0 Å². The van der Waals surface area contributed by atoms with E-state index in [2.05, 4.69) is 34.4 Å². The second kappa shape index (κ2) is 6.24. The maximum atomic E-state index is 11.1. The predicted molar refractivity (Wildman–Crippen MR) is 82.5 cm³/mol. The number of nitrogens with zero attached hydrogens (tertiary/aromatic N) is 3. The van der Waals surface area contributed by atoms with Crippen molar-refractivity contribution in [2.24, 2.45) is 5.41 Å². The Bertz CT molecular complexity index is 518. The van der Waals surface area contributed by atoms with Gasteiger partial charge in [-0.3, -0.25) is 10.1 Å². The number of nitrogens with one attached hydrogen (secondary N) is 2. The molecular formula is C14H23N5O2. The summed E-state index contributed by atoms with van der Waals surface area (Å²) >= 11 is 0. The van der Waals surface area contributed by atoms with Crippen molar-refractivity contribution < 1.29 is 4.92 Å². The van der Waals surface area contributed by atoms with Gasteiger partial charge in [-0.1, -0.05) is 20.8 Å². The van der Waals surface area contributed by atoms with Gasteiger partial charge in [0.15, 0.2) is 0 Å². The number of hydrogen-bond donors (Lipinski definition) is 2. The molecule has 0 aliphatic heterocycles. The third kappa shape index (κ3) is 4.03. The molecular weight excluding hydrogens is 270 g/mol. The molecule has 2 N–H and O–H groups in total. The van der Waals surface area contributed by atoms with Crippen LogP contribution in [0.3, 0.4) is 0 Å². The van der Waals surface area contributed by atoms with Gasteiger partial charge in [0.2, 0.25) is 11.8 Å². The fraction of sp³-hybridized carbons (Fsp3) is 0.714. The van der Waals surface area contributed by atoms with E-state index in [-0.39, 0.29) is 17.1 Å². The number of aromatic nitrogens is 2. The molecule has 0 radical (unpaired) electrons. The summed E-state index contributed by atoms with van der Waals surface area (Å²) in [6.45, 7) is 7.22. The van der Waals surface area contributed by atoms with E-state index in [1.165, 1.54) is 6.20 Å². The molecule has 0 spiro atoms. The number of rotatable bonds is 6. The third-order valence-electron chi connectivity index (χ3n) is 3.81. The monoisotopic (exact) mass is 293 g/mol. The zero-order valence-electron chi connectivity index (χ0n) is 12.8. The molecule has 2 rings (SSSR count). The summed E-state index contributed by atoms with van der Waals surface area (Å²) in [6, 6.07) is 0.229. The first-order valence-electron chi connectivity index (χ1n) is 7.43. The highest BCUT2D eigenvalue weighted by Crippen LogP contribution is 2.39. The van der Waals surface area contributed by atoms with Gasteiger partial charge in [-0.2, -0.15) is 4.98 Å². The lowest BCUT2D eigenvalue weighted by Crippen LogP contribution is -2.20. The van der Waals surface area contributed by atoms with E-state index in [0.717, 1.165) is 32.2 Å². The minimum Gasteiger partial charge on any atom is -0.361 e. The topological polar surface area (TPSA) is 93.0 Å². The van der Waals surface area contributed by atoms with Gasteiger partial charge >= 0.3 is 5.69 Å². The van der Waals surface area contributed by atoms with Crippen molar-refractivity contribution in [3.8, 4) is 0 Å². The molecule has 1 heterocycles. The fourth-order valence-electron chi connectivity index (χ4n) is 2.69. The third-order valence-corrected chi connectivity index (χ3v) is 3.81. The molecule has 0 amide bonds. The maximum absolute atomic E-state index is 11.1. The summed E-state index contributed by atoms with van der Waals surface area (Å²) in [5.74, 6) is 0.749. The number of hydrogen-bond acceptors (Lipinski definition) is 6. The van der Waals surface area contributed by atoms with E-state index in [0.29, 0.717) is 11.8 Å². The number of anilines is 2. The molecule has 1 aromatic rings. The summed E-state index contributed by atoms with van der Waals surface area (Å²) in [7, 11) is 0. The first kappa shape index (κ1) is 15.5. The van der Waals surface area contributed by atoms with E-state index in [1.807, 2.05) is 6.92 Å². The lowest BCUT2D eigenvalue weighted by Gasteiger charge is -2.18. The average Bonchev–Trinajstić information content (AvgIpc) is 2.75. The Hall–Kier alpha value is -1.92. The largest absolute Gasteiger partial charge is 0.361 e. The minimum absolute atomic E-state index is 0.0678. The Morgan fingerprint density at radius 3 is 2.86 bits per heavy atom. The lowest BCUT2D eigenvalue weighted by atomic mass is 9.92. The Balaban J connectivity index is 2.16. The van der Waals surface area contributed by atoms with Gasteiger partial charge in [-0.05, 0) is 31.1 Å². The van der Waals surface area contributed by atoms with E-state index in [1.54, 1.807) is 0 Å². The van der Waals surface area contributed by atoms with Gasteiger partial charge in [-0.25, -0.2) is 4.98 Å². The molecule has 1 aliphatic rings. The Kier molecular flexibility index (Phi) is 4.59. The van der Waals surface area contributed by atoms with Gasteiger partial charge in [-0.15, -0.1) is 0 Å². The van der Waals surface area contributed by atoms with Crippen LogP contribution in [0.5, 0.6) is 0 Å². The van der Waals surface area contributed by atoms with Crippen LogP contribution in [0.4, 0.5) is 17.5 Å². The van der Waals surface area contributed by atoms with Crippen LogP contribution in [0, 0.1) is 15.5 Å². The van der Waals surface area contributed by atoms with Crippen molar-refractivity contribution in [3.05, 3.63) is 16.3 Å². The van der Waals surface area contributed by atoms with E-state index in [4.69, 9.17) is 0 Å². The first-order chi connectivity index (χ1) is 9.91. The standard InChI is InChI=1S/C14H23N5O2/c1-4-7-15-13-16-9-11(19(20)21)12(18-13)17-10-5-6-14(2,3)8-10/h9-10H,4-8H2,1-3H3,(H2,15,16,17,18). The molecule has 21 heavy (non-hydrogen) atoms.